The van der Waals surface area contributed by atoms with Crippen LogP contribution in [0.1, 0.15) is 25.7 Å². The number of nitrogens with zero attached hydrogens (tertiary/aromatic N) is 1. The van der Waals surface area contributed by atoms with E-state index < -0.39 is 60.6 Å². The predicted octanol–water partition coefficient (Wildman–Crippen LogP) is 2.55. The minimum atomic E-state index is -5.21. The van der Waals surface area contributed by atoms with E-state index in [2.05, 4.69) is 5.32 Å². The van der Waals surface area contributed by atoms with Gasteiger partial charge in [-0.25, -0.2) is 13.2 Å². The highest BCUT2D eigenvalue weighted by Gasteiger charge is 2.74. The highest BCUT2D eigenvalue weighted by atomic mass is 19.4. The van der Waals surface area contributed by atoms with Crippen LogP contribution >= 0.6 is 0 Å². The van der Waals surface area contributed by atoms with Gasteiger partial charge in [-0.2, -0.15) is 13.2 Å². The molecule has 0 aromatic carbocycles. The number of alkyl halides is 6. The van der Waals surface area contributed by atoms with Crippen LogP contribution in [0, 0.1) is 11.3 Å². The average molecular weight is 370 g/mol. The molecule has 0 aromatic heterocycles. The maximum atomic E-state index is 13.6. The molecule has 0 radical (unpaired) electrons. The SMILES string of the molecule is O=C(NCC1CC1)C1=C[C@@H](F)CN1C(=O)C1(C(F)(F)F)CC(F)(F)C1. The van der Waals surface area contributed by atoms with E-state index in [-0.39, 0.29) is 12.5 Å². The summed E-state index contributed by atoms with van der Waals surface area (Å²) in [5.74, 6) is -5.91. The van der Waals surface area contributed by atoms with Crippen molar-refractivity contribution in [2.24, 2.45) is 11.3 Å². The summed E-state index contributed by atoms with van der Waals surface area (Å²) in [7, 11) is 0. The van der Waals surface area contributed by atoms with Crippen LogP contribution in [0.15, 0.2) is 11.8 Å². The number of rotatable bonds is 4. The average Bonchev–Trinajstić information content (AvgIpc) is 3.20. The van der Waals surface area contributed by atoms with Crippen molar-refractivity contribution in [3.05, 3.63) is 11.8 Å². The molecule has 2 saturated carbocycles. The Labute approximate surface area is 139 Å². The first-order chi connectivity index (χ1) is 11.5. The fraction of sp³-hybridized carbons (Fsp3) is 0.733. The molecule has 3 aliphatic rings. The van der Waals surface area contributed by atoms with Crippen molar-refractivity contribution in [1.82, 2.24) is 10.2 Å². The van der Waals surface area contributed by atoms with E-state index in [9.17, 15) is 35.9 Å². The number of amides is 2. The highest BCUT2D eigenvalue weighted by Crippen LogP contribution is 2.61. The van der Waals surface area contributed by atoms with E-state index in [1.54, 1.807) is 0 Å². The van der Waals surface area contributed by atoms with Gasteiger partial charge in [0.1, 0.15) is 11.9 Å². The van der Waals surface area contributed by atoms with Crippen LogP contribution in [0.4, 0.5) is 26.3 Å². The molecule has 2 amide bonds. The van der Waals surface area contributed by atoms with Crippen molar-refractivity contribution in [3.8, 4) is 0 Å². The quantitative estimate of drug-likeness (QED) is 0.774. The third-order valence-electron chi connectivity index (χ3n) is 4.79. The van der Waals surface area contributed by atoms with Gasteiger partial charge in [0, 0.05) is 19.4 Å². The second-order valence-corrected chi connectivity index (χ2v) is 6.93. The first-order valence-electron chi connectivity index (χ1n) is 7.86. The van der Waals surface area contributed by atoms with Gasteiger partial charge in [0.2, 0.25) is 5.91 Å². The van der Waals surface area contributed by atoms with Crippen molar-refractivity contribution in [3.63, 3.8) is 0 Å². The van der Waals surface area contributed by atoms with Crippen LogP contribution in [0.25, 0.3) is 0 Å². The van der Waals surface area contributed by atoms with Crippen LogP contribution in [-0.4, -0.2) is 48.1 Å². The van der Waals surface area contributed by atoms with E-state index in [0.29, 0.717) is 4.90 Å². The predicted molar refractivity (Wildman–Crippen MR) is 73.1 cm³/mol. The van der Waals surface area contributed by atoms with Gasteiger partial charge in [-0.3, -0.25) is 9.59 Å². The molecule has 25 heavy (non-hydrogen) atoms. The first kappa shape index (κ1) is 18.1. The van der Waals surface area contributed by atoms with Gasteiger partial charge in [-0.1, -0.05) is 0 Å². The molecule has 1 N–H and O–H groups in total. The Hall–Kier alpha value is -1.74. The molecule has 0 spiro atoms. The number of carbonyl (C=O) groups is 2. The van der Waals surface area contributed by atoms with Gasteiger partial charge in [0.25, 0.3) is 11.8 Å². The smallest absolute Gasteiger partial charge is 0.350 e. The Bertz CT molecular complexity index is 618. The second kappa shape index (κ2) is 5.63. The van der Waals surface area contributed by atoms with E-state index in [0.717, 1.165) is 18.9 Å². The van der Waals surface area contributed by atoms with Gasteiger partial charge in [-0.05, 0) is 24.8 Å². The fourth-order valence-electron chi connectivity index (χ4n) is 3.19. The monoisotopic (exact) mass is 370 g/mol. The van der Waals surface area contributed by atoms with Crippen LogP contribution < -0.4 is 5.32 Å². The Morgan fingerprint density at radius 2 is 1.84 bits per heavy atom. The molecule has 1 heterocycles. The number of nitrogens with one attached hydrogen (secondary N) is 1. The standard InChI is InChI=1S/C15H16F6N2O2/c16-9-3-10(11(24)22-4-8-1-2-8)23(5-9)12(25)13(15(19,20)21)6-14(17,18)7-13/h3,8-9H,1-2,4-7H2,(H,22,24)/t9-/m1/s1. The van der Waals surface area contributed by atoms with E-state index in [1.807, 2.05) is 0 Å². The van der Waals surface area contributed by atoms with Gasteiger partial charge in [0.05, 0.1) is 6.54 Å². The zero-order chi connectivity index (χ0) is 18.6. The Morgan fingerprint density at radius 1 is 1.24 bits per heavy atom. The Kier molecular flexibility index (Phi) is 4.07. The summed E-state index contributed by atoms with van der Waals surface area (Å²) in [6, 6.07) is 0. The molecule has 1 aliphatic heterocycles. The van der Waals surface area contributed by atoms with E-state index >= 15 is 0 Å². The zero-order valence-corrected chi connectivity index (χ0v) is 13.0. The zero-order valence-electron chi connectivity index (χ0n) is 13.0. The maximum absolute atomic E-state index is 13.6. The van der Waals surface area contributed by atoms with Crippen LogP contribution in [-0.2, 0) is 9.59 Å². The Balaban J connectivity index is 1.79. The van der Waals surface area contributed by atoms with Crippen molar-refractivity contribution >= 4 is 11.8 Å². The third kappa shape index (κ3) is 3.22. The third-order valence-corrected chi connectivity index (χ3v) is 4.79. The molecule has 0 saturated heterocycles. The molecular weight excluding hydrogens is 354 g/mol. The van der Waals surface area contributed by atoms with Crippen LogP contribution in [0.3, 0.4) is 0 Å². The summed E-state index contributed by atoms with van der Waals surface area (Å²) in [6.45, 7) is -0.508. The molecule has 4 nitrogen and oxygen atoms in total. The number of hydrogen-bond acceptors (Lipinski definition) is 2. The van der Waals surface area contributed by atoms with Gasteiger partial charge in [0.15, 0.2) is 5.41 Å². The lowest BCUT2D eigenvalue weighted by Gasteiger charge is -2.48. The molecular formula is C15H16F6N2O2. The molecule has 0 unspecified atom stereocenters. The summed E-state index contributed by atoms with van der Waals surface area (Å²) < 4.78 is 79.8. The molecule has 1 atom stereocenters. The van der Waals surface area contributed by atoms with Crippen LogP contribution in [0.5, 0.6) is 0 Å². The van der Waals surface area contributed by atoms with Crippen molar-refractivity contribution < 1.29 is 35.9 Å². The second-order valence-electron chi connectivity index (χ2n) is 6.93. The molecule has 2 fully saturated rings. The van der Waals surface area contributed by atoms with Crippen molar-refractivity contribution in [1.29, 1.82) is 0 Å². The summed E-state index contributed by atoms with van der Waals surface area (Å²) in [5, 5.41) is 2.44. The largest absolute Gasteiger partial charge is 0.403 e. The van der Waals surface area contributed by atoms with Crippen molar-refractivity contribution in [2.45, 2.75) is 44.0 Å². The lowest BCUT2D eigenvalue weighted by Crippen LogP contribution is -2.63. The van der Waals surface area contributed by atoms with Crippen LogP contribution in [0.2, 0.25) is 0 Å². The first-order valence-corrected chi connectivity index (χ1v) is 7.86. The summed E-state index contributed by atoms with van der Waals surface area (Å²) in [6.07, 6.45) is -7.85. The van der Waals surface area contributed by atoms with E-state index in [4.69, 9.17) is 0 Å². The highest BCUT2D eigenvalue weighted by molar-refractivity contribution is 6.00. The summed E-state index contributed by atoms with van der Waals surface area (Å²) in [4.78, 5) is 24.8. The van der Waals surface area contributed by atoms with Crippen molar-refractivity contribution in [2.75, 3.05) is 13.1 Å². The number of carbonyl (C=O) groups excluding carboxylic acids is 2. The minimum Gasteiger partial charge on any atom is -0.350 e. The lowest BCUT2D eigenvalue weighted by molar-refractivity contribution is -0.298. The maximum Gasteiger partial charge on any atom is 0.403 e. The molecule has 0 aromatic rings. The molecule has 2 aliphatic carbocycles. The fourth-order valence-corrected chi connectivity index (χ4v) is 3.19. The number of halogens is 6. The van der Waals surface area contributed by atoms with Gasteiger partial charge >= 0.3 is 6.18 Å². The molecule has 10 heteroatoms. The number of hydrogen-bond donors (Lipinski definition) is 1. The summed E-state index contributed by atoms with van der Waals surface area (Å²) in [5.41, 5.74) is -3.83. The van der Waals surface area contributed by atoms with Gasteiger partial charge < -0.3 is 10.2 Å². The topological polar surface area (TPSA) is 49.4 Å². The molecule has 3 rings (SSSR count). The minimum absolute atomic E-state index is 0.267. The molecule has 140 valence electrons. The molecule has 0 bridgehead atoms. The summed E-state index contributed by atoms with van der Waals surface area (Å²) >= 11 is 0. The lowest BCUT2D eigenvalue weighted by atomic mass is 9.64. The normalized spacial score (nSPS) is 27.5. The Morgan fingerprint density at radius 3 is 2.32 bits per heavy atom. The van der Waals surface area contributed by atoms with E-state index in [1.165, 1.54) is 0 Å². The van der Waals surface area contributed by atoms with Gasteiger partial charge in [-0.15, -0.1) is 0 Å².